The molecule has 5 nitrogen and oxygen atoms in total. The smallest absolute Gasteiger partial charge is 0.232 e. The predicted molar refractivity (Wildman–Crippen MR) is 94.2 cm³/mol. The summed E-state index contributed by atoms with van der Waals surface area (Å²) in [6, 6.07) is 10.4. The molecule has 0 bridgehead atoms. The first-order chi connectivity index (χ1) is 11.4. The third kappa shape index (κ3) is 4.94. The topological polar surface area (TPSA) is 57.7 Å². The van der Waals surface area contributed by atoms with Gasteiger partial charge in [-0.15, -0.1) is 0 Å². The van der Waals surface area contributed by atoms with Crippen molar-refractivity contribution in [1.29, 1.82) is 0 Å². The van der Waals surface area contributed by atoms with Crippen LogP contribution in [0.25, 0.3) is 0 Å². The van der Waals surface area contributed by atoms with Gasteiger partial charge in [-0.3, -0.25) is 9.69 Å². The largest absolute Gasteiger partial charge is 0.342 e. The normalized spacial score (nSPS) is 25.5. The Morgan fingerprint density at radius 3 is 2.58 bits per heavy atom. The quantitative estimate of drug-likeness (QED) is 0.718. The molecule has 7 heteroatoms. The zero-order valence-corrected chi connectivity index (χ0v) is 15.2. The van der Waals surface area contributed by atoms with E-state index in [2.05, 4.69) is 29.2 Å². The average molecular weight is 371 g/mol. The molecule has 3 rings (SSSR count). The molecule has 0 spiro atoms. The van der Waals surface area contributed by atoms with Gasteiger partial charge in [0.2, 0.25) is 15.0 Å². The molecular weight excluding hydrogens is 348 g/mol. The number of halogens is 1. The van der Waals surface area contributed by atoms with Gasteiger partial charge in [-0.05, 0) is 24.4 Å². The van der Waals surface area contributed by atoms with E-state index in [0.717, 1.165) is 32.6 Å². The third-order valence-electron chi connectivity index (χ3n) is 4.83. The molecule has 0 N–H and O–H groups in total. The highest BCUT2D eigenvalue weighted by Crippen LogP contribution is 2.25. The number of rotatable bonds is 6. The molecule has 1 aromatic rings. The van der Waals surface area contributed by atoms with E-state index in [4.69, 9.17) is 10.7 Å². The Balaban J connectivity index is 1.48. The lowest BCUT2D eigenvalue weighted by Crippen LogP contribution is -2.32. The van der Waals surface area contributed by atoms with Crippen molar-refractivity contribution in [2.45, 2.75) is 19.4 Å². The molecule has 2 aliphatic heterocycles. The van der Waals surface area contributed by atoms with Crippen LogP contribution in [0, 0.1) is 11.8 Å². The molecule has 1 amide bonds. The summed E-state index contributed by atoms with van der Waals surface area (Å²) >= 11 is 0. The van der Waals surface area contributed by atoms with Crippen molar-refractivity contribution in [3.63, 3.8) is 0 Å². The fraction of sp³-hybridized carbons (Fsp3) is 0.588. The third-order valence-corrected chi connectivity index (χ3v) is 6.07. The predicted octanol–water partition coefficient (Wildman–Crippen LogP) is 1.93. The van der Waals surface area contributed by atoms with Crippen LogP contribution in [0.4, 0.5) is 0 Å². The summed E-state index contributed by atoms with van der Waals surface area (Å²) in [6.07, 6.45) is 1.38. The molecule has 2 atom stereocenters. The number of nitrogens with zero attached hydrogens (tertiary/aromatic N) is 2. The van der Waals surface area contributed by atoms with Crippen LogP contribution in [-0.4, -0.2) is 56.1 Å². The van der Waals surface area contributed by atoms with Crippen LogP contribution in [0.3, 0.4) is 0 Å². The van der Waals surface area contributed by atoms with Crippen molar-refractivity contribution >= 4 is 25.6 Å². The summed E-state index contributed by atoms with van der Waals surface area (Å²) in [5.41, 5.74) is 1.31. The second kappa shape index (κ2) is 7.42. The number of likely N-dealkylation sites (tertiary alicyclic amines) is 2. The van der Waals surface area contributed by atoms with Gasteiger partial charge in [-0.1, -0.05) is 30.3 Å². The maximum atomic E-state index is 12.1. The van der Waals surface area contributed by atoms with E-state index in [-0.39, 0.29) is 17.6 Å². The zero-order chi connectivity index (χ0) is 17.2. The van der Waals surface area contributed by atoms with E-state index in [1.165, 1.54) is 5.56 Å². The minimum atomic E-state index is -3.54. The fourth-order valence-electron chi connectivity index (χ4n) is 3.78. The molecule has 2 unspecified atom stereocenters. The highest BCUT2D eigenvalue weighted by Gasteiger charge is 2.34. The van der Waals surface area contributed by atoms with Crippen LogP contribution in [0.15, 0.2) is 30.3 Å². The van der Waals surface area contributed by atoms with Gasteiger partial charge in [0.15, 0.2) is 0 Å². The molecule has 0 aromatic heterocycles. The van der Waals surface area contributed by atoms with Crippen LogP contribution in [0.5, 0.6) is 0 Å². The monoisotopic (exact) mass is 370 g/mol. The molecule has 0 saturated carbocycles. The molecule has 0 aliphatic carbocycles. The fourth-order valence-corrected chi connectivity index (χ4v) is 5.10. The van der Waals surface area contributed by atoms with Gasteiger partial charge in [0, 0.05) is 49.2 Å². The van der Waals surface area contributed by atoms with Crippen molar-refractivity contribution in [3.8, 4) is 0 Å². The second-order valence-electron chi connectivity index (χ2n) is 6.95. The number of hydrogen-bond donors (Lipinski definition) is 0. The van der Waals surface area contributed by atoms with Crippen LogP contribution >= 0.6 is 10.7 Å². The summed E-state index contributed by atoms with van der Waals surface area (Å²) in [7, 11) is 1.77. The first-order valence-electron chi connectivity index (χ1n) is 8.35. The number of benzene rings is 1. The van der Waals surface area contributed by atoms with Crippen molar-refractivity contribution in [2.24, 2.45) is 11.8 Å². The first-order valence-corrected chi connectivity index (χ1v) is 10.8. The number of carbonyl (C=O) groups is 1. The van der Waals surface area contributed by atoms with Crippen LogP contribution in [-0.2, 0) is 20.4 Å². The summed E-state index contributed by atoms with van der Waals surface area (Å²) in [5.74, 6) is 0.245. The second-order valence-corrected chi connectivity index (χ2v) is 9.77. The lowest BCUT2D eigenvalue weighted by atomic mass is 10.1. The Kier molecular flexibility index (Phi) is 5.47. The van der Waals surface area contributed by atoms with Gasteiger partial charge in [-0.25, -0.2) is 8.42 Å². The summed E-state index contributed by atoms with van der Waals surface area (Å²) < 4.78 is 22.4. The van der Waals surface area contributed by atoms with Gasteiger partial charge in [0.1, 0.15) is 0 Å². The highest BCUT2D eigenvalue weighted by molar-refractivity contribution is 8.13. The van der Waals surface area contributed by atoms with Crippen molar-refractivity contribution in [3.05, 3.63) is 35.9 Å². The molecular formula is C17H23ClN2O3S. The maximum absolute atomic E-state index is 12.1. The first kappa shape index (κ1) is 17.7. The van der Waals surface area contributed by atoms with E-state index in [9.17, 15) is 13.2 Å². The van der Waals surface area contributed by atoms with E-state index in [1.807, 2.05) is 11.0 Å². The van der Waals surface area contributed by atoms with Crippen LogP contribution < -0.4 is 0 Å². The maximum Gasteiger partial charge on any atom is 0.232 e. The van der Waals surface area contributed by atoms with Crippen molar-refractivity contribution < 1.29 is 13.2 Å². The zero-order valence-electron chi connectivity index (χ0n) is 13.6. The molecule has 2 aliphatic rings. The molecule has 2 saturated heterocycles. The molecule has 2 fully saturated rings. The summed E-state index contributed by atoms with van der Waals surface area (Å²) in [4.78, 5) is 16.3. The van der Waals surface area contributed by atoms with Gasteiger partial charge < -0.3 is 4.90 Å². The Morgan fingerprint density at radius 1 is 1.12 bits per heavy atom. The van der Waals surface area contributed by atoms with Crippen LogP contribution in [0.2, 0.25) is 0 Å². The minimum absolute atomic E-state index is 0.0572. The van der Waals surface area contributed by atoms with Gasteiger partial charge >= 0.3 is 0 Å². The summed E-state index contributed by atoms with van der Waals surface area (Å²) in [5, 5.41) is 0. The van der Waals surface area contributed by atoms with Crippen LogP contribution in [0.1, 0.15) is 18.4 Å². The van der Waals surface area contributed by atoms with Crippen molar-refractivity contribution in [1.82, 2.24) is 9.80 Å². The Labute approximate surface area is 148 Å². The molecule has 24 heavy (non-hydrogen) atoms. The summed E-state index contributed by atoms with van der Waals surface area (Å²) in [6.45, 7) is 4.21. The average Bonchev–Trinajstić information content (AvgIpc) is 3.06. The SMILES string of the molecule is O=C1CC(CS(=O)(=O)Cl)CN1CC1CCN(Cc2ccccc2)C1. The number of amides is 1. The Hall–Kier alpha value is -1.11. The minimum Gasteiger partial charge on any atom is -0.342 e. The lowest BCUT2D eigenvalue weighted by molar-refractivity contribution is -0.128. The standard InChI is InChI=1S/C17H23ClN2O3S/c18-24(22,23)13-16-8-17(21)20(12-16)11-15-6-7-19(10-15)9-14-4-2-1-3-5-14/h1-5,15-16H,6-13H2. The molecule has 1 aromatic carbocycles. The Bertz CT molecular complexity index is 680. The molecule has 0 radical (unpaired) electrons. The number of hydrogen-bond acceptors (Lipinski definition) is 4. The van der Waals surface area contributed by atoms with E-state index in [0.29, 0.717) is 18.9 Å². The Morgan fingerprint density at radius 2 is 1.88 bits per heavy atom. The van der Waals surface area contributed by atoms with E-state index in [1.54, 1.807) is 0 Å². The van der Waals surface area contributed by atoms with E-state index >= 15 is 0 Å². The number of carbonyl (C=O) groups excluding carboxylic acids is 1. The highest BCUT2D eigenvalue weighted by atomic mass is 35.7. The molecule has 2 heterocycles. The van der Waals surface area contributed by atoms with Gasteiger partial charge in [-0.2, -0.15) is 0 Å². The van der Waals surface area contributed by atoms with Gasteiger partial charge in [0.25, 0.3) is 0 Å². The van der Waals surface area contributed by atoms with Gasteiger partial charge in [0.05, 0.1) is 5.75 Å². The lowest BCUT2D eigenvalue weighted by Gasteiger charge is -2.21. The van der Waals surface area contributed by atoms with Crippen molar-refractivity contribution in [2.75, 3.05) is 31.9 Å². The van der Waals surface area contributed by atoms with E-state index < -0.39 is 9.05 Å². The molecule has 132 valence electrons.